The van der Waals surface area contributed by atoms with Crippen molar-refractivity contribution < 1.29 is 22.8 Å². The van der Waals surface area contributed by atoms with Gasteiger partial charge >= 0.3 is 7.60 Å². The van der Waals surface area contributed by atoms with Crippen LogP contribution in [0.2, 0.25) is 0 Å². The number of halogens is 1. The number of carbonyl (C=O) groups excluding carboxylic acids is 1. The van der Waals surface area contributed by atoms with E-state index in [1.165, 1.54) is 6.08 Å². The van der Waals surface area contributed by atoms with Crippen LogP contribution >= 0.6 is 7.60 Å². The lowest BCUT2D eigenvalue weighted by Crippen LogP contribution is -2.30. The fourth-order valence-electron chi connectivity index (χ4n) is 1.06. The van der Waals surface area contributed by atoms with Crippen molar-refractivity contribution >= 4 is 13.4 Å². The lowest BCUT2D eigenvalue weighted by Gasteiger charge is -2.26. The molecule has 16 heavy (non-hydrogen) atoms. The minimum Gasteiger partial charge on any atom is -0.306 e. The van der Waals surface area contributed by atoms with E-state index in [0.717, 1.165) is 13.0 Å². The summed E-state index contributed by atoms with van der Waals surface area (Å²) in [7, 11) is -4.08. The van der Waals surface area contributed by atoms with Gasteiger partial charge in [-0.1, -0.05) is 6.08 Å². The molecular weight excluding hydrogens is 234 g/mol. The first-order chi connectivity index (χ1) is 7.35. The minimum atomic E-state index is -4.08. The van der Waals surface area contributed by atoms with Crippen LogP contribution in [0.4, 0.5) is 4.39 Å². The van der Waals surface area contributed by atoms with Gasteiger partial charge in [0.05, 0.1) is 13.2 Å². The van der Waals surface area contributed by atoms with Crippen LogP contribution in [0.1, 0.15) is 27.7 Å². The average Bonchev–Trinajstić information content (AvgIpc) is 2.18. The Balaban J connectivity index is 5.18. The maximum Gasteiger partial charge on any atom is 0.375 e. The second kappa shape index (κ2) is 6.28. The molecule has 0 fully saturated rings. The lowest BCUT2D eigenvalue weighted by molar-refractivity contribution is -0.121. The van der Waals surface area contributed by atoms with E-state index in [4.69, 9.17) is 9.05 Å². The Kier molecular flexibility index (Phi) is 6.08. The number of alkyl halides is 1. The SMILES string of the molecule is C/C=C/C(=O)C(C)(F)P(=O)(OCC)OCC. The molecule has 0 heterocycles. The molecule has 0 amide bonds. The second-order valence-corrected chi connectivity index (χ2v) is 5.50. The molecule has 0 aromatic heterocycles. The minimum absolute atomic E-state index is 0.0138. The Labute approximate surface area is 95.4 Å². The third-order valence-corrected chi connectivity index (χ3v) is 4.33. The van der Waals surface area contributed by atoms with E-state index in [-0.39, 0.29) is 13.2 Å². The molecule has 4 nitrogen and oxygen atoms in total. The monoisotopic (exact) mass is 252 g/mol. The molecule has 0 aromatic carbocycles. The summed E-state index contributed by atoms with van der Waals surface area (Å²) in [6.45, 7) is 5.63. The van der Waals surface area contributed by atoms with Gasteiger partial charge in [-0.15, -0.1) is 0 Å². The highest BCUT2D eigenvalue weighted by atomic mass is 31.2. The second-order valence-electron chi connectivity index (χ2n) is 3.15. The predicted octanol–water partition coefficient (Wildman–Crippen LogP) is 3.08. The first-order valence-corrected chi connectivity index (χ1v) is 6.65. The maximum atomic E-state index is 14.2. The smallest absolute Gasteiger partial charge is 0.306 e. The average molecular weight is 252 g/mol. The van der Waals surface area contributed by atoms with Crippen molar-refractivity contribution in [2.75, 3.05) is 13.2 Å². The predicted molar refractivity (Wildman–Crippen MR) is 60.2 cm³/mol. The zero-order valence-corrected chi connectivity index (χ0v) is 10.9. The molecule has 0 radical (unpaired) electrons. The van der Waals surface area contributed by atoms with Crippen LogP contribution in [0.15, 0.2) is 12.2 Å². The Morgan fingerprint density at radius 3 is 2.12 bits per heavy atom. The Hall–Kier alpha value is -0.510. The summed E-state index contributed by atoms with van der Waals surface area (Å²) < 4.78 is 35.9. The summed E-state index contributed by atoms with van der Waals surface area (Å²) in [6, 6.07) is 0. The van der Waals surface area contributed by atoms with Crippen LogP contribution in [0.3, 0.4) is 0 Å². The molecule has 1 unspecified atom stereocenters. The summed E-state index contributed by atoms with van der Waals surface area (Å²) >= 11 is 0. The molecule has 0 aliphatic heterocycles. The third kappa shape index (κ3) is 3.24. The normalized spacial score (nSPS) is 16.3. The zero-order chi connectivity index (χ0) is 12.8. The van der Waals surface area contributed by atoms with E-state index in [1.54, 1.807) is 20.8 Å². The topological polar surface area (TPSA) is 52.6 Å². The van der Waals surface area contributed by atoms with Gasteiger partial charge in [0, 0.05) is 0 Å². The standard InChI is InChI=1S/C10H18FO4P/c1-5-8-9(12)10(4,11)16(13,14-6-2)15-7-3/h5,8H,6-7H2,1-4H3/b8-5+. The zero-order valence-electron chi connectivity index (χ0n) is 10.0. The summed E-state index contributed by atoms with van der Waals surface area (Å²) in [6.07, 6.45) is 2.40. The van der Waals surface area contributed by atoms with Crippen molar-refractivity contribution in [1.29, 1.82) is 0 Å². The molecule has 0 N–H and O–H groups in total. The molecule has 0 spiro atoms. The van der Waals surface area contributed by atoms with E-state index in [2.05, 4.69) is 0 Å². The van der Waals surface area contributed by atoms with E-state index < -0.39 is 18.8 Å². The van der Waals surface area contributed by atoms with Crippen molar-refractivity contribution in [1.82, 2.24) is 0 Å². The van der Waals surface area contributed by atoms with E-state index >= 15 is 0 Å². The summed E-state index contributed by atoms with van der Waals surface area (Å²) in [5.41, 5.74) is 0. The highest BCUT2D eigenvalue weighted by Gasteiger charge is 2.52. The van der Waals surface area contributed by atoms with Crippen molar-refractivity contribution in [3.8, 4) is 0 Å². The summed E-state index contributed by atoms with van der Waals surface area (Å²) in [4.78, 5) is 11.5. The Bertz CT molecular complexity index is 302. The fraction of sp³-hybridized carbons (Fsp3) is 0.700. The number of hydrogen-bond acceptors (Lipinski definition) is 4. The Morgan fingerprint density at radius 2 is 1.81 bits per heavy atom. The van der Waals surface area contributed by atoms with Crippen molar-refractivity contribution in [3.63, 3.8) is 0 Å². The van der Waals surface area contributed by atoms with E-state index in [9.17, 15) is 13.8 Å². The van der Waals surface area contributed by atoms with Crippen LogP contribution in [-0.2, 0) is 18.4 Å². The number of allylic oxidation sites excluding steroid dienone is 2. The molecule has 0 saturated heterocycles. The molecule has 1 atom stereocenters. The van der Waals surface area contributed by atoms with Crippen LogP contribution < -0.4 is 0 Å². The van der Waals surface area contributed by atoms with E-state index in [0.29, 0.717) is 0 Å². The third-order valence-electron chi connectivity index (χ3n) is 1.88. The molecule has 0 aliphatic rings. The molecule has 0 bridgehead atoms. The molecule has 0 aliphatic carbocycles. The van der Waals surface area contributed by atoms with Gasteiger partial charge in [-0.3, -0.25) is 9.36 Å². The largest absolute Gasteiger partial charge is 0.375 e. The van der Waals surface area contributed by atoms with Gasteiger partial charge in [0.15, 0.2) is 0 Å². The van der Waals surface area contributed by atoms with Gasteiger partial charge in [-0.25, -0.2) is 4.39 Å². The van der Waals surface area contributed by atoms with Gasteiger partial charge in [0.2, 0.25) is 5.78 Å². The summed E-state index contributed by atoms with van der Waals surface area (Å²) in [5.74, 6) is -0.916. The highest BCUT2D eigenvalue weighted by molar-refractivity contribution is 7.56. The first kappa shape index (κ1) is 15.5. The first-order valence-electron chi connectivity index (χ1n) is 5.11. The van der Waals surface area contributed by atoms with Gasteiger partial charge in [0.25, 0.3) is 5.41 Å². The van der Waals surface area contributed by atoms with Crippen molar-refractivity contribution in [2.24, 2.45) is 0 Å². The van der Waals surface area contributed by atoms with Crippen molar-refractivity contribution in [2.45, 2.75) is 33.1 Å². The van der Waals surface area contributed by atoms with Gasteiger partial charge in [-0.05, 0) is 33.8 Å². The highest BCUT2D eigenvalue weighted by Crippen LogP contribution is 2.61. The van der Waals surface area contributed by atoms with Gasteiger partial charge < -0.3 is 9.05 Å². The molecule has 94 valence electrons. The van der Waals surface area contributed by atoms with Gasteiger partial charge in [0.1, 0.15) is 0 Å². The maximum absolute atomic E-state index is 14.2. The van der Waals surface area contributed by atoms with E-state index in [1.807, 2.05) is 0 Å². The van der Waals surface area contributed by atoms with Crippen LogP contribution in [0, 0.1) is 0 Å². The number of rotatable bonds is 7. The van der Waals surface area contributed by atoms with Crippen LogP contribution in [-0.4, -0.2) is 24.4 Å². The Morgan fingerprint density at radius 1 is 1.38 bits per heavy atom. The molecule has 6 heteroatoms. The summed E-state index contributed by atoms with van der Waals surface area (Å²) in [5, 5.41) is -2.65. The quantitative estimate of drug-likeness (QED) is 0.516. The van der Waals surface area contributed by atoms with Crippen molar-refractivity contribution in [3.05, 3.63) is 12.2 Å². The molecule has 0 aromatic rings. The molecular formula is C10H18FO4P. The lowest BCUT2D eigenvalue weighted by atomic mass is 10.2. The molecule has 0 saturated carbocycles. The molecule has 0 rings (SSSR count). The fourth-order valence-corrected chi connectivity index (χ4v) is 2.64. The number of carbonyl (C=O) groups is 1. The number of ketones is 1. The van der Waals surface area contributed by atoms with Gasteiger partial charge in [-0.2, -0.15) is 0 Å². The van der Waals surface area contributed by atoms with Crippen LogP contribution in [0.5, 0.6) is 0 Å². The van der Waals surface area contributed by atoms with Crippen LogP contribution in [0.25, 0.3) is 0 Å². The number of hydrogen-bond donors (Lipinski definition) is 0.